The van der Waals surface area contributed by atoms with E-state index in [9.17, 15) is 10.2 Å². The van der Waals surface area contributed by atoms with Gasteiger partial charge in [-0.15, -0.1) is 5.54 Å². The zero-order valence-corrected chi connectivity index (χ0v) is 32.8. The average molecular weight is 712 g/mol. The Morgan fingerprint density at radius 3 is 2.37 bits per heavy atom. The molecular weight excluding hydrogens is 658 g/mol. The Balaban J connectivity index is 1.53. The van der Waals surface area contributed by atoms with Crippen LogP contribution in [0.5, 0.6) is 11.8 Å². The van der Waals surface area contributed by atoms with Crippen molar-refractivity contribution in [1.29, 1.82) is 0 Å². The van der Waals surface area contributed by atoms with Crippen LogP contribution in [0.2, 0.25) is 16.6 Å². The lowest BCUT2D eigenvalue weighted by Gasteiger charge is -2.38. The number of ether oxygens (including phenoxy) is 1. The van der Waals surface area contributed by atoms with Gasteiger partial charge in [0, 0.05) is 47.8 Å². The highest BCUT2D eigenvalue weighted by Crippen LogP contribution is 2.47. The fourth-order valence-electron chi connectivity index (χ4n) is 8.64. The van der Waals surface area contributed by atoms with Crippen molar-refractivity contribution < 1.29 is 19.3 Å². The molecule has 2 fully saturated rings. The Morgan fingerprint density at radius 2 is 1.75 bits per heavy atom. The molecule has 10 heteroatoms. The minimum Gasteiger partial charge on any atom is -0.508 e. The average Bonchev–Trinajstić information content (AvgIpc) is 3.81. The van der Waals surface area contributed by atoms with Crippen molar-refractivity contribution in [1.82, 2.24) is 19.9 Å². The molecule has 0 bridgehead atoms. The van der Waals surface area contributed by atoms with Gasteiger partial charge in [0.1, 0.15) is 30.9 Å². The highest BCUT2D eigenvalue weighted by Gasteiger charge is 2.44. The first-order chi connectivity index (χ1) is 24.1. The van der Waals surface area contributed by atoms with Crippen LogP contribution in [0, 0.1) is 22.7 Å². The number of anilines is 1. The molecule has 8 nitrogen and oxygen atoms in total. The van der Waals surface area contributed by atoms with Crippen molar-refractivity contribution in [2.45, 2.75) is 96.4 Å². The second kappa shape index (κ2) is 14.0. The Bertz CT molecular complexity index is 1970. The molecule has 1 saturated heterocycles. The highest BCUT2D eigenvalue weighted by molar-refractivity contribution is 6.90. The first-order valence-electron chi connectivity index (χ1n) is 18.5. The minimum atomic E-state index is -2.07. The van der Waals surface area contributed by atoms with Gasteiger partial charge in [-0.05, 0) is 86.9 Å². The molecule has 0 spiro atoms. The molecule has 0 radical (unpaired) electrons. The van der Waals surface area contributed by atoms with E-state index in [1.807, 2.05) is 30.0 Å². The van der Waals surface area contributed by atoms with Gasteiger partial charge in [-0.3, -0.25) is 4.98 Å². The number of rotatable bonds is 10. The first-order valence-corrected chi connectivity index (χ1v) is 20.7. The summed E-state index contributed by atoms with van der Waals surface area (Å²) in [6.45, 7) is 17.8. The van der Waals surface area contributed by atoms with Crippen LogP contribution in [0.15, 0.2) is 36.5 Å². The predicted octanol–water partition coefficient (Wildman–Crippen LogP) is 8.33. The summed E-state index contributed by atoms with van der Waals surface area (Å²) in [5.41, 5.74) is 5.69. The van der Waals surface area contributed by atoms with Gasteiger partial charge >= 0.3 is 6.01 Å². The molecule has 1 saturated carbocycles. The van der Waals surface area contributed by atoms with Gasteiger partial charge < -0.3 is 24.7 Å². The number of nitrogens with zero attached hydrogens (tertiary/aromatic N) is 5. The monoisotopic (exact) mass is 711 g/mol. The summed E-state index contributed by atoms with van der Waals surface area (Å²) in [5.74, 6) is 3.46. The first kappa shape index (κ1) is 37.0. The zero-order valence-electron chi connectivity index (χ0n) is 31.8. The van der Waals surface area contributed by atoms with Crippen LogP contribution in [-0.4, -0.2) is 84.1 Å². The molecule has 1 aliphatic carbocycles. The second-order valence-corrected chi connectivity index (χ2v) is 22.2. The molecule has 2 aromatic heterocycles. The molecule has 0 unspecified atom stereocenters. The summed E-state index contributed by atoms with van der Waals surface area (Å²) in [7, 11) is 2.03. The van der Waals surface area contributed by atoms with Crippen LogP contribution in [0.4, 0.5) is 10.2 Å². The Morgan fingerprint density at radius 1 is 1.04 bits per heavy atom. The van der Waals surface area contributed by atoms with E-state index in [1.165, 1.54) is 0 Å². The third-order valence-electron chi connectivity index (χ3n) is 11.2. The molecule has 0 amide bonds. The third kappa shape index (κ3) is 7.31. The molecule has 2 aliphatic rings. The van der Waals surface area contributed by atoms with Crippen LogP contribution in [-0.2, 0) is 0 Å². The van der Waals surface area contributed by atoms with Gasteiger partial charge in [-0.2, -0.15) is 9.97 Å². The van der Waals surface area contributed by atoms with Crippen LogP contribution in [0.3, 0.4) is 0 Å². The van der Waals surface area contributed by atoms with E-state index >= 15 is 4.39 Å². The molecule has 1 aliphatic heterocycles. The summed E-state index contributed by atoms with van der Waals surface area (Å²) in [5, 5.41) is 23.8. The van der Waals surface area contributed by atoms with Gasteiger partial charge in [0.25, 0.3) is 0 Å². The van der Waals surface area contributed by atoms with E-state index in [0.717, 1.165) is 42.1 Å². The maximum absolute atomic E-state index is 17.2. The molecular formula is C41H54FN5O3Si. The van der Waals surface area contributed by atoms with E-state index in [-0.39, 0.29) is 28.4 Å². The zero-order chi connectivity index (χ0) is 36.9. The van der Waals surface area contributed by atoms with Crippen LogP contribution in [0.25, 0.3) is 32.9 Å². The van der Waals surface area contributed by atoms with E-state index in [2.05, 4.69) is 77.0 Å². The Kier molecular flexibility index (Phi) is 10.1. The van der Waals surface area contributed by atoms with Crippen molar-refractivity contribution in [3.8, 4) is 34.5 Å². The van der Waals surface area contributed by atoms with Crippen molar-refractivity contribution in [3.05, 3.63) is 47.9 Å². The number of aromatic hydroxyl groups is 1. The van der Waals surface area contributed by atoms with Gasteiger partial charge in [0.2, 0.25) is 0 Å². The lowest BCUT2D eigenvalue weighted by atomic mass is 9.95. The number of benzene rings is 2. The van der Waals surface area contributed by atoms with Gasteiger partial charge in [-0.25, -0.2) is 4.39 Å². The summed E-state index contributed by atoms with van der Waals surface area (Å²) in [6.07, 6.45) is 5.15. The standard InChI is InChI=1S/C41H54FN5O3Si/c1-26(2)51(27(3)4,28(5)6)19-14-29-12-10-13-30-20-31(48)21-32(34(29)30)36-35(42)37-33(22-43-36)38(47-18-11-15-40(7,49)23-47)45-39(44-37)50-25-41(16-17-41)24-46(8)9/h10,12-13,20-22,26-28,48-49H,11,15-18,23-25H2,1-9H3/t40-/m1/s1. The molecule has 3 heterocycles. The maximum Gasteiger partial charge on any atom is 0.319 e. The minimum absolute atomic E-state index is 0.0118. The number of piperidine rings is 1. The van der Waals surface area contributed by atoms with Gasteiger partial charge in [-0.1, -0.05) is 59.6 Å². The largest absolute Gasteiger partial charge is 0.508 e. The van der Waals surface area contributed by atoms with Crippen LogP contribution >= 0.6 is 0 Å². The second-order valence-electron chi connectivity index (χ2n) is 16.6. The number of β-amino-alcohol motifs (C(OH)–C–C–N with tert-alkyl or cyclic N) is 1. The molecule has 1 atom stereocenters. The summed E-state index contributed by atoms with van der Waals surface area (Å²) in [6, 6.07) is 9.19. The van der Waals surface area contributed by atoms with Crippen LogP contribution in [0.1, 0.15) is 79.7 Å². The SMILES string of the molecule is CC(C)[Si](C#Cc1cccc2cc(O)cc(-c3ncc4c(N5CCC[C@@](C)(O)C5)nc(OCC5(CN(C)C)CC5)nc4c3F)c12)(C(C)C)C(C)C. The summed E-state index contributed by atoms with van der Waals surface area (Å²) < 4.78 is 23.5. The van der Waals surface area contributed by atoms with Gasteiger partial charge in [0.05, 0.1) is 17.6 Å². The number of phenolic OH excluding ortho intramolecular Hbond substituents is 1. The van der Waals surface area contributed by atoms with Crippen molar-refractivity contribution in [2.75, 3.05) is 45.2 Å². The number of hydrogen-bond donors (Lipinski definition) is 2. The number of aromatic nitrogens is 3. The van der Waals surface area contributed by atoms with Crippen LogP contribution < -0.4 is 9.64 Å². The van der Waals surface area contributed by atoms with E-state index in [1.54, 1.807) is 18.3 Å². The molecule has 4 aromatic rings. The topological polar surface area (TPSA) is 94.8 Å². The van der Waals surface area contributed by atoms with Gasteiger partial charge in [0.15, 0.2) is 5.82 Å². The quantitative estimate of drug-likeness (QED) is 0.125. The van der Waals surface area contributed by atoms with Crippen molar-refractivity contribution in [3.63, 3.8) is 0 Å². The van der Waals surface area contributed by atoms with E-state index in [4.69, 9.17) is 14.7 Å². The highest BCUT2D eigenvalue weighted by atomic mass is 28.3. The molecule has 2 N–H and O–H groups in total. The fraction of sp³-hybridized carbons (Fsp3) is 0.537. The number of aliphatic hydroxyl groups is 1. The third-order valence-corrected chi connectivity index (χ3v) is 17.5. The maximum atomic E-state index is 17.2. The summed E-state index contributed by atoms with van der Waals surface area (Å²) in [4.78, 5) is 18.4. The lowest BCUT2D eigenvalue weighted by molar-refractivity contribution is 0.0447. The smallest absolute Gasteiger partial charge is 0.319 e. The molecule has 51 heavy (non-hydrogen) atoms. The number of halogens is 1. The Labute approximate surface area is 303 Å². The molecule has 2 aromatic carbocycles. The lowest BCUT2D eigenvalue weighted by Crippen LogP contribution is -2.46. The fourth-order valence-corrected chi connectivity index (χ4v) is 13.9. The normalized spacial score (nSPS) is 19.0. The molecule has 272 valence electrons. The number of hydrogen-bond acceptors (Lipinski definition) is 8. The van der Waals surface area contributed by atoms with E-state index < -0.39 is 19.5 Å². The number of phenols is 1. The number of fused-ring (bicyclic) bond motifs is 2. The Hall–Kier alpha value is -3.78. The number of pyridine rings is 1. The predicted molar refractivity (Wildman–Crippen MR) is 208 cm³/mol. The van der Waals surface area contributed by atoms with Crippen molar-refractivity contribution >= 4 is 35.6 Å². The van der Waals surface area contributed by atoms with E-state index in [0.29, 0.717) is 59.5 Å². The van der Waals surface area contributed by atoms with Crippen molar-refractivity contribution in [2.24, 2.45) is 5.41 Å². The molecule has 6 rings (SSSR count). The summed E-state index contributed by atoms with van der Waals surface area (Å²) >= 11 is 0.